The van der Waals surface area contributed by atoms with Crippen molar-refractivity contribution in [1.82, 2.24) is 10.3 Å². The Kier molecular flexibility index (Phi) is 5.58. The lowest BCUT2D eigenvalue weighted by Crippen LogP contribution is -2.28. The molecule has 2 rings (SSSR count). The van der Waals surface area contributed by atoms with Gasteiger partial charge in [0.05, 0.1) is 5.69 Å². The van der Waals surface area contributed by atoms with E-state index in [0.29, 0.717) is 5.92 Å². The summed E-state index contributed by atoms with van der Waals surface area (Å²) in [5.74, 6) is 0.585. The highest BCUT2D eigenvalue weighted by atomic mass is 32.1. The van der Waals surface area contributed by atoms with Crippen LogP contribution in [0.5, 0.6) is 0 Å². The number of aryl methyl sites for hydroxylation is 1. The van der Waals surface area contributed by atoms with Crippen molar-refractivity contribution in [1.29, 1.82) is 0 Å². The van der Waals surface area contributed by atoms with Crippen molar-refractivity contribution in [3.8, 4) is 0 Å². The molecule has 0 spiro atoms. The Bertz CT molecular complexity index is 426. The second-order valence-electron chi connectivity index (χ2n) is 5.61. The average Bonchev–Trinajstić information content (AvgIpc) is 2.91. The third-order valence-corrected chi connectivity index (χ3v) is 5.79. The topological polar surface area (TPSA) is 34.1 Å². The Labute approximate surface area is 127 Å². The number of rotatable bonds is 7. The van der Waals surface area contributed by atoms with Crippen molar-refractivity contribution < 1.29 is 4.74 Å². The van der Waals surface area contributed by atoms with E-state index in [4.69, 9.17) is 9.72 Å². The van der Waals surface area contributed by atoms with Crippen LogP contribution in [0.3, 0.4) is 0 Å². The molecule has 114 valence electrons. The second kappa shape index (κ2) is 7.01. The lowest BCUT2D eigenvalue weighted by atomic mass is 9.91. The minimum atomic E-state index is -0.166. The predicted octanol–water partition coefficient (Wildman–Crippen LogP) is 3.83. The van der Waals surface area contributed by atoms with Gasteiger partial charge < -0.3 is 10.1 Å². The van der Waals surface area contributed by atoms with Crippen LogP contribution in [0.4, 0.5) is 0 Å². The molecule has 1 aliphatic carbocycles. The smallest absolute Gasteiger partial charge is 0.125 e. The fourth-order valence-corrected chi connectivity index (χ4v) is 4.72. The Morgan fingerprint density at radius 3 is 2.70 bits per heavy atom. The van der Waals surface area contributed by atoms with E-state index in [1.807, 2.05) is 18.4 Å². The number of nitrogens with zero attached hydrogens (tertiary/aromatic N) is 1. The van der Waals surface area contributed by atoms with Crippen LogP contribution < -0.4 is 5.32 Å². The molecule has 0 fully saturated rings. The van der Waals surface area contributed by atoms with Crippen molar-refractivity contribution >= 4 is 11.3 Å². The van der Waals surface area contributed by atoms with E-state index in [9.17, 15) is 0 Å². The number of hydrogen-bond donors (Lipinski definition) is 1. The van der Waals surface area contributed by atoms with Gasteiger partial charge in [0.1, 0.15) is 10.6 Å². The minimum Gasteiger partial charge on any atom is -0.368 e. The van der Waals surface area contributed by atoms with Gasteiger partial charge in [-0.2, -0.15) is 0 Å². The average molecular weight is 296 g/mol. The summed E-state index contributed by atoms with van der Waals surface area (Å²) in [5.41, 5.74) is 1.18. The Morgan fingerprint density at radius 2 is 2.10 bits per heavy atom. The van der Waals surface area contributed by atoms with E-state index in [2.05, 4.69) is 26.1 Å². The molecule has 4 heteroatoms. The first-order valence-electron chi connectivity index (χ1n) is 7.99. The highest BCUT2D eigenvalue weighted by Crippen LogP contribution is 2.41. The van der Waals surface area contributed by atoms with Gasteiger partial charge in [-0.25, -0.2) is 4.98 Å². The van der Waals surface area contributed by atoms with Gasteiger partial charge in [0.15, 0.2) is 0 Å². The number of thiazole rings is 1. The van der Waals surface area contributed by atoms with Gasteiger partial charge >= 0.3 is 0 Å². The van der Waals surface area contributed by atoms with Gasteiger partial charge in [0.25, 0.3) is 0 Å². The molecule has 1 aromatic heterocycles. The molecule has 1 heterocycles. The van der Waals surface area contributed by atoms with Crippen molar-refractivity contribution in [2.45, 2.75) is 64.4 Å². The Balaban J connectivity index is 2.34. The highest BCUT2D eigenvalue weighted by molar-refractivity contribution is 7.11. The molecule has 0 bridgehead atoms. The summed E-state index contributed by atoms with van der Waals surface area (Å²) in [6.45, 7) is 8.30. The van der Waals surface area contributed by atoms with E-state index in [1.165, 1.54) is 34.8 Å². The van der Waals surface area contributed by atoms with E-state index < -0.39 is 0 Å². The van der Waals surface area contributed by atoms with Crippen molar-refractivity contribution in [3.63, 3.8) is 0 Å². The molecular formula is C16H28N2OS. The molecule has 1 N–H and O–H groups in total. The summed E-state index contributed by atoms with van der Waals surface area (Å²) in [4.78, 5) is 6.53. The first-order valence-corrected chi connectivity index (χ1v) is 8.81. The maximum absolute atomic E-state index is 6.12. The van der Waals surface area contributed by atoms with Crippen LogP contribution in [0.25, 0.3) is 0 Å². The maximum atomic E-state index is 6.12. The van der Waals surface area contributed by atoms with Gasteiger partial charge in [0.2, 0.25) is 0 Å². The fourth-order valence-electron chi connectivity index (χ4n) is 3.24. The standard InChI is InChI=1S/C16H28N2OS/c1-5-16(6-2,19-7-3)15-18-14-12(11-17-4)9-8-10-13(14)20-15/h12,17H,5-11H2,1-4H3. The molecule has 0 aliphatic heterocycles. The zero-order chi connectivity index (χ0) is 14.6. The van der Waals surface area contributed by atoms with Crippen LogP contribution in [-0.2, 0) is 16.8 Å². The van der Waals surface area contributed by atoms with Gasteiger partial charge in [-0.05, 0) is 46.1 Å². The zero-order valence-corrected chi connectivity index (χ0v) is 14.1. The van der Waals surface area contributed by atoms with E-state index in [0.717, 1.165) is 26.0 Å². The first-order chi connectivity index (χ1) is 9.70. The maximum Gasteiger partial charge on any atom is 0.125 e. The number of aromatic nitrogens is 1. The molecule has 20 heavy (non-hydrogen) atoms. The molecule has 1 aromatic rings. The second-order valence-corrected chi connectivity index (χ2v) is 6.69. The summed E-state index contributed by atoms with van der Waals surface area (Å²) >= 11 is 1.90. The third kappa shape index (κ3) is 2.92. The monoisotopic (exact) mass is 296 g/mol. The molecule has 1 aliphatic rings. The lowest BCUT2D eigenvalue weighted by Gasteiger charge is -2.29. The van der Waals surface area contributed by atoms with E-state index >= 15 is 0 Å². The molecule has 0 saturated carbocycles. The normalized spacial score (nSPS) is 19.1. The molecular weight excluding hydrogens is 268 g/mol. The Hall–Kier alpha value is -0.450. The molecule has 3 nitrogen and oxygen atoms in total. The number of likely N-dealkylation sites (N-methyl/N-ethyl adjacent to an activating group) is 1. The minimum absolute atomic E-state index is 0.166. The van der Waals surface area contributed by atoms with Gasteiger partial charge in [-0.15, -0.1) is 11.3 Å². The van der Waals surface area contributed by atoms with Gasteiger partial charge in [-0.1, -0.05) is 13.8 Å². The molecule has 1 unspecified atom stereocenters. The largest absolute Gasteiger partial charge is 0.368 e. The predicted molar refractivity (Wildman–Crippen MR) is 85.6 cm³/mol. The quantitative estimate of drug-likeness (QED) is 0.830. The van der Waals surface area contributed by atoms with Crippen LogP contribution >= 0.6 is 11.3 Å². The van der Waals surface area contributed by atoms with Crippen molar-refractivity contribution in [2.24, 2.45) is 0 Å². The number of nitrogens with one attached hydrogen (secondary N) is 1. The summed E-state index contributed by atoms with van der Waals surface area (Å²) < 4.78 is 6.12. The van der Waals surface area contributed by atoms with Gasteiger partial charge in [0, 0.05) is 23.9 Å². The summed E-state index contributed by atoms with van der Waals surface area (Å²) in [6.07, 6.45) is 5.75. The Morgan fingerprint density at radius 1 is 1.35 bits per heavy atom. The number of hydrogen-bond acceptors (Lipinski definition) is 4. The third-order valence-electron chi connectivity index (χ3n) is 4.47. The van der Waals surface area contributed by atoms with Crippen LogP contribution in [0.1, 0.15) is 68.0 Å². The number of ether oxygens (including phenoxy) is 1. The van der Waals surface area contributed by atoms with Crippen LogP contribution in [0.2, 0.25) is 0 Å². The summed E-state index contributed by atoms with van der Waals surface area (Å²) in [5, 5.41) is 4.52. The highest BCUT2D eigenvalue weighted by Gasteiger charge is 2.35. The first kappa shape index (κ1) is 15.9. The van der Waals surface area contributed by atoms with E-state index in [-0.39, 0.29) is 5.60 Å². The van der Waals surface area contributed by atoms with Crippen LogP contribution in [-0.4, -0.2) is 25.2 Å². The SMILES string of the molecule is CCOC(CC)(CC)c1nc2c(s1)CCCC2CNC. The van der Waals surface area contributed by atoms with Crippen LogP contribution in [0, 0.1) is 0 Å². The molecule has 1 atom stereocenters. The summed E-state index contributed by atoms with van der Waals surface area (Å²) in [7, 11) is 2.03. The summed E-state index contributed by atoms with van der Waals surface area (Å²) in [6, 6.07) is 0. The van der Waals surface area contributed by atoms with Gasteiger partial charge in [-0.3, -0.25) is 0 Å². The fraction of sp³-hybridized carbons (Fsp3) is 0.812. The molecule has 0 saturated heterocycles. The lowest BCUT2D eigenvalue weighted by molar-refractivity contribution is -0.0507. The van der Waals surface area contributed by atoms with Crippen LogP contribution in [0.15, 0.2) is 0 Å². The molecule has 0 aromatic carbocycles. The van der Waals surface area contributed by atoms with E-state index in [1.54, 1.807) is 0 Å². The zero-order valence-electron chi connectivity index (χ0n) is 13.3. The molecule has 0 amide bonds. The molecule has 0 radical (unpaired) electrons. The van der Waals surface area contributed by atoms with Crippen molar-refractivity contribution in [2.75, 3.05) is 20.2 Å². The number of fused-ring (bicyclic) bond motifs is 1. The van der Waals surface area contributed by atoms with Crippen molar-refractivity contribution in [3.05, 3.63) is 15.6 Å².